The number of halogens is 2. The first-order valence-corrected chi connectivity index (χ1v) is 11.2. The van der Waals surface area contributed by atoms with E-state index in [0.717, 1.165) is 6.26 Å². The smallest absolute Gasteiger partial charge is 0.306 e. The summed E-state index contributed by atoms with van der Waals surface area (Å²) in [6.07, 6.45) is 0.966. The predicted molar refractivity (Wildman–Crippen MR) is 118 cm³/mol. The fourth-order valence-electron chi connectivity index (χ4n) is 2.52. The molecule has 0 radical (unpaired) electrons. The molecule has 9 heteroatoms. The molecule has 1 N–H and O–H groups in total. The SMILES string of the molecule is CS(=O)(=O)Oc1ccc(/C(=N/NC(=O)c2ccc(Cl)cc2)c2ccc(Cl)cc2)cc1. The van der Waals surface area contributed by atoms with E-state index in [1.54, 1.807) is 60.7 Å². The van der Waals surface area contributed by atoms with Crippen LogP contribution in [-0.4, -0.2) is 26.3 Å². The normalized spacial score (nSPS) is 11.8. The highest BCUT2D eigenvalue weighted by Gasteiger charge is 2.11. The summed E-state index contributed by atoms with van der Waals surface area (Å²) in [5, 5.41) is 5.36. The number of carbonyl (C=O) groups is 1. The number of hydrazone groups is 1. The van der Waals surface area contributed by atoms with Gasteiger partial charge in [0.05, 0.1) is 12.0 Å². The number of amides is 1. The van der Waals surface area contributed by atoms with Gasteiger partial charge in [0.15, 0.2) is 0 Å². The Balaban J connectivity index is 1.92. The van der Waals surface area contributed by atoms with Crippen molar-refractivity contribution in [2.45, 2.75) is 0 Å². The predicted octanol–water partition coefficient (Wildman–Crippen LogP) is 4.51. The third-order valence-corrected chi connectivity index (χ3v) is 4.87. The second-order valence-corrected chi connectivity index (χ2v) is 8.67. The van der Waals surface area contributed by atoms with Gasteiger partial charge in [0.2, 0.25) is 0 Å². The van der Waals surface area contributed by atoms with Gasteiger partial charge in [0.25, 0.3) is 5.91 Å². The van der Waals surface area contributed by atoms with E-state index < -0.39 is 16.0 Å². The molecule has 6 nitrogen and oxygen atoms in total. The highest BCUT2D eigenvalue weighted by Crippen LogP contribution is 2.19. The van der Waals surface area contributed by atoms with Gasteiger partial charge < -0.3 is 4.18 Å². The van der Waals surface area contributed by atoms with Crippen LogP contribution in [-0.2, 0) is 10.1 Å². The molecule has 1 amide bonds. The Bertz CT molecular complexity index is 1180. The van der Waals surface area contributed by atoms with E-state index in [9.17, 15) is 13.2 Å². The lowest BCUT2D eigenvalue weighted by Gasteiger charge is -2.10. The summed E-state index contributed by atoms with van der Waals surface area (Å²) in [5.41, 5.74) is 4.72. The van der Waals surface area contributed by atoms with Crippen molar-refractivity contribution in [1.82, 2.24) is 5.43 Å². The van der Waals surface area contributed by atoms with Gasteiger partial charge in [-0.3, -0.25) is 4.79 Å². The Morgan fingerprint density at radius 1 is 0.800 bits per heavy atom. The van der Waals surface area contributed by atoms with Gasteiger partial charge >= 0.3 is 10.1 Å². The van der Waals surface area contributed by atoms with E-state index >= 15 is 0 Å². The molecule has 0 aliphatic heterocycles. The number of nitrogens with zero attached hydrogens (tertiary/aromatic N) is 1. The van der Waals surface area contributed by atoms with Crippen LogP contribution in [0.4, 0.5) is 0 Å². The average Bonchev–Trinajstić information content (AvgIpc) is 2.70. The summed E-state index contributed by atoms with van der Waals surface area (Å²) < 4.78 is 27.4. The number of rotatable bonds is 6. The molecule has 3 aromatic carbocycles. The summed E-state index contributed by atoms with van der Waals surface area (Å²) in [4.78, 5) is 12.4. The second-order valence-electron chi connectivity index (χ2n) is 6.23. The van der Waals surface area contributed by atoms with Crippen LogP contribution in [0, 0.1) is 0 Å². The van der Waals surface area contributed by atoms with Crippen LogP contribution in [0.1, 0.15) is 21.5 Å². The van der Waals surface area contributed by atoms with Crippen molar-refractivity contribution in [3.05, 3.63) is 99.5 Å². The van der Waals surface area contributed by atoms with Crippen LogP contribution in [0.25, 0.3) is 0 Å². The highest BCUT2D eigenvalue weighted by atomic mass is 35.5. The van der Waals surface area contributed by atoms with Crippen molar-refractivity contribution in [1.29, 1.82) is 0 Å². The van der Waals surface area contributed by atoms with Crippen LogP contribution < -0.4 is 9.61 Å². The minimum absolute atomic E-state index is 0.168. The Labute approximate surface area is 184 Å². The van der Waals surface area contributed by atoms with Crippen LogP contribution >= 0.6 is 23.2 Å². The van der Waals surface area contributed by atoms with E-state index in [2.05, 4.69) is 10.5 Å². The molecule has 0 heterocycles. The van der Waals surface area contributed by atoms with Crippen LogP contribution in [0.15, 0.2) is 77.9 Å². The molecule has 0 saturated heterocycles. The zero-order valence-corrected chi connectivity index (χ0v) is 18.0. The first kappa shape index (κ1) is 21.8. The summed E-state index contributed by atoms with van der Waals surface area (Å²) in [7, 11) is -3.63. The van der Waals surface area contributed by atoms with Crippen LogP contribution in [0.5, 0.6) is 5.75 Å². The molecular formula is C21H16Cl2N2O4S. The van der Waals surface area contributed by atoms with E-state index in [1.165, 1.54) is 12.1 Å². The van der Waals surface area contributed by atoms with Gasteiger partial charge in [-0.2, -0.15) is 13.5 Å². The lowest BCUT2D eigenvalue weighted by molar-refractivity contribution is 0.0955. The topological polar surface area (TPSA) is 84.8 Å². The quantitative estimate of drug-likeness (QED) is 0.331. The second kappa shape index (κ2) is 9.30. The van der Waals surface area contributed by atoms with Crippen molar-refractivity contribution in [2.75, 3.05) is 6.26 Å². The Hall–Kier alpha value is -2.87. The van der Waals surface area contributed by atoms with Gasteiger partial charge in [-0.15, -0.1) is 0 Å². The summed E-state index contributed by atoms with van der Waals surface area (Å²) >= 11 is 11.8. The zero-order chi connectivity index (χ0) is 21.7. The highest BCUT2D eigenvalue weighted by molar-refractivity contribution is 7.86. The first-order chi connectivity index (χ1) is 14.2. The van der Waals surface area contributed by atoms with Crippen LogP contribution in [0.2, 0.25) is 10.0 Å². The minimum atomic E-state index is -3.63. The van der Waals surface area contributed by atoms with Crippen molar-refractivity contribution in [3.8, 4) is 5.75 Å². The van der Waals surface area contributed by atoms with E-state index in [-0.39, 0.29) is 5.75 Å². The molecule has 0 aliphatic rings. The standard InChI is InChI=1S/C21H16Cl2N2O4S/c1-30(27,28)29-19-12-6-15(7-13-19)20(14-2-8-17(22)9-3-14)24-25-21(26)16-4-10-18(23)11-5-16/h2-13H,1H3,(H,25,26)/b24-20+. The molecule has 0 fully saturated rings. The number of benzene rings is 3. The number of hydrogen-bond acceptors (Lipinski definition) is 5. The number of nitrogens with one attached hydrogen (secondary N) is 1. The Kier molecular flexibility index (Phi) is 6.77. The van der Waals surface area contributed by atoms with Crippen molar-refractivity contribution < 1.29 is 17.4 Å². The van der Waals surface area contributed by atoms with Gasteiger partial charge in [0.1, 0.15) is 5.75 Å². The van der Waals surface area contributed by atoms with Crippen molar-refractivity contribution in [2.24, 2.45) is 5.10 Å². The van der Waals surface area contributed by atoms with Crippen molar-refractivity contribution in [3.63, 3.8) is 0 Å². The molecule has 0 spiro atoms. The van der Waals surface area contributed by atoms with Gasteiger partial charge in [-0.25, -0.2) is 5.43 Å². The fourth-order valence-corrected chi connectivity index (χ4v) is 3.23. The van der Waals surface area contributed by atoms with E-state index in [0.29, 0.717) is 32.4 Å². The molecular weight excluding hydrogens is 447 g/mol. The molecule has 154 valence electrons. The number of hydrogen-bond donors (Lipinski definition) is 1. The van der Waals surface area contributed by atoms with Gasteiger partial charge in [0, 0.05) is 26.7 Å². The lowest BCUT2D eigenvalue weighted by atomic mass is 10.0. The molecule has 3 rings (SSSR count). The molecule has 0 bridgehead atoms. The largest absolute Gasteiger partial charge is 0.383 e. The van der Waals surface area contributed by atoms with Gasteiger partial charge in [-0.1, -0.05) is 35.3 Å². The molecule has 0 aliphatic carbocycles. The fraction of sp³-hybridized carbons (Fsp3) is 0.0476. The lowest BCUT2D eigenvalue weighted by Crippen LogP contribution is -2.20. The zero-order valence-electron chi connectivity index (χ0n) is 15.7. The Morgan fingerprint density at radius 2 is 1.23 bits per heavy atom. The minimum Gasteiger partial charge on any atom is -0.383 e. The van der Waals surface area contributed by atoms with Crippen molar-refractivity contribution >= 4 is 44.9 Å². The Morgan fingerprint density at radius 3 is 1.70 bits per heavy atom. The number of carbonyl (C=O) groups excluding carboxylic acids is 1. The molecule has 0 saturated carbocycles. The maximum absolute atomic E-state index is 12.4. The maximum Gasteiger partial charge on any atom is 0.306 e. The molecule has 30 heavy (non-hydrogen) atoms. The summed E-state index contributed by atoms with van der Waals surface area (Å²) in [6.45, 7) is 0. The third-order valence-electron chi connectivity index (χ3n) is 3.87. The third kappa shape index (κ3) is 6.06. The molecule has 0 unspecified atom stereocenters. The summed E-state index contributed by atoms with van der Waals surface area (Å²) in [6, 6.07) is 19.6. The molecule has 0 aromatic heterocycles. The molecule has 3 aromatic rings. The van der Waals surface area contributed by atoms with Gasteiger partial charge in [-0.05, 0) is 60.7 Å². The monoisotopic (exact) mass is 462 g/mol. The summed E-state index contributed by atoms with van der Waals surface area (Å²) in [5.74, 6) is -0.239. The maximum atomic E-state index is 12.4. The average molecular weight is 463 g/mol. The molecule has 0 atom stereocenters. The first-order valence-electron chi connectivity index (χ1n) is 8.61. The van der Waals surface area contributed by atoms with E-state index in [4.69, 9.17) is 27.4 Å². The van der Waals surface area contributed by atoms with Crippen LogP contribution in [0.3, 0.4) is 0 Å². The van der Waals surface area contributed by atoms with E-state index in [1.807, 2.05) is 0 Å².